The molecule has 1 amide bonds. The van der Waals surface area contributed by atoms with Gasteiger partial charge in [0.25, 0.3) is 5.91 Å². The van der Waals surface area contributed by atoms with Gasteiger partial charge in [0.05, 0.1) is 17.5 Å². The SMILES string of the molecule is CC(C)(C)C(=O)CSC1=NC2N=NC=C2C(=O)N1. The molecule has 0 fully saturated rings. The number of nitrogens with one attached hydrogen (secondary N) is 1. The van der Waals surface area contributed by atoms with Gasteiger partial charge in [0, 0.05) is 5.41 Å². The van der Waals surface area contributed by atoms with E-state index in [0.717, 1.165) is 0 Å². The lowest BCUT2D eigenvalue weighted by molar-refractivity contribution is -0.123. The summed E-state index contributed by atoms with van der Waals surface area (Å²) in [5, 5.41) is 10.5. The maximum absolute atomic E-state index is 11.8. The molecular formula is C11H14N4O2S. The summed E-state index contributed by atoms with van der Waals surface area (Å²) in [7, 11) is 0. The number of amidine groups is 1. The van der Waals surface area contributed by atoms with Crippen molar-refractivity contribution < 1.29 is 9.59 Å². The molecule has 0 spiro atoms. The molecule has 0 aromatic heterocycles. The molecule has 7 heteroatoms. The van der Waals surface area contributed by atoms with Crippen LogP contribution in [0.25, 0.3) is 0 Å². The summed E-state index contributed by atoms with van der Waals surface area (Å²) < 4.78 is 0. The molecule has 0 bridgehead atoms. The number of Topliss-reactive ketones (excluding diaryl/α,β-unsaturated/α-hetero) is 1. The molecule has 0 aliphatic carbocycles. The highest BCUT2D eigenvalue weighted by molar-refractivity contribution is 8.14. The Labute approximate surface area is 109 Å². The van der Waals surface area contributed by atoms with Crippen LogP contribution in [-0.2, 0) is 9.59 Å². The van der Waals surface area contributed by atoms with Crippen molar-refractivity contribution in [3.63, 3.8) is 0 Å². The van der Waals surface area contributed by atoms with E-state index in [4.69, 9.17) is 0 Å². The van der Waals surface area contributed by atoms with Gasteiger partial charge in [-0.1, -0.05) is 32.5 Å². The molecule has 2 aliphatic heterocycles. The van der Waals surface area contributed by atoms with Crippen molar-refractivity contribution in [3.05, 3.63) is 11.8 Å². The second-order valence-corrected chi connectivity index (χ2v) is 6.00. The normalized spacial score (nSPS) is 22.2. The van der Waals surface area contributed by atoms with Gasteiger partial charge in [0.1, 0.15) is 5.78 Å². The highest BCUT2D eigenvalue weighted by Gasteiger charge is 2.30. The van der Waals surface area contributed by atoms with Crippen molar-refractivity contribution in [2.75, 3.05) is 5.75 Å². The fourth-order valence-electron chi connectivity index (χ4n) is 1.30. The van der Waals surface area contributed by atoms with Crippen LogP contribution in [0.5, 0.6) is 0 Å². The van der Waals surface area contributed by atoms with Crippen LogP contribution >= 0.6 is 11.8 Å². The molecule has 1 atom stereocenters. The first-order valence-corrected chi connectivity index (χ1v) is 6.52. The van der Waals surface area contributed by atoms with Crippen LogP contribution < -0.4 is 5.32 Å². The zero-order valence-corrected chi connectivity index (χ0v) is 11.2. The van der Waals surface area contributed by atoms with Crippen LogP contribution in [0.4, 0.5) is 0 Å². The number of carbonyl (C=O) groups excluding carboxylic acids is 2. The quantitative estimate of drug-likeness (QED) is 0.822. The van der Waals surface area contributed by atoms with Gasteiger partial charge >= 0.3 is 0 Å². The lowest BCUT2D eigenvalue weighted by Crippen LogP contribution is -2.38. The van der Waals surface area contributed by atoms with Crippen LogP contribution in [-0.4, -0.2) is 28.8 Å². The number of amides is 1. The first kappa shape index (κ1) is 12.9. The molecule has 0 saturated heterocycles. The summed E-state index contributed by atoms with van der Waals surface area (Å²) in [4.78, 5) is 27.6. The lowest BCUT2D eigenvalue weighted by Gasteiger charge is -2.19. The second-order valence-electron chi connectivity index (χ2n) is 5.04. The predicted molar refractivity (Wildman–Crippen MR) is 69.2 cm³/mol. The zero-order chi connectivity index (χ0) is 13.3. The third-order valence-corrected chi connectivity index (χ3v) is 3.44. The highest BCUT2D eigenvalue weighted by Crippen LogP contribution is 2.23. The van der Waals surface area contributed by atoms with Crippen LogP contribution in [0.1, 0.15) is 20.8 Å². The van der Waals surface area contributed by atoms with Crippen LogP contribution in [0, 0.1) is 5.41 Å². The van der Waals surface area contributed by atoms with E-state index in [9.17, 15) is 9.59 Å². The molecule has 1 unspecified atom stereocenters. The third-order valence-electron chi connectivity index (χ3n) is 2.55. The molecule has 0 aromatic carbocycles. The van der Waals surface area contributed by atoms with Gasteiger partial charge in [-0.05, 0) is 0 Å². The van der Waals surface area contributed by atoms with Crippen molar-refractivity contribution in [3.8, 4) is 0 Å². The Bertz CT molecular complexity index is 488. The van der Waals surface area contributed by atoms with Crippen molar-refractivity contribution in [1.29, 1.82) is 0 Å². The summed E-state index contributed by atoms with van der Waals surface area (Å²) >= 11 is 1.22. The number of azo groups is 1. The Balaban J connectivity index is 1.99. The van der Waals surface area contributed by atoms with E-state index in [1.165, 1.54) is 18.0 Å². The number of carbonyl (C=O) groups is 2. The minimum Gasteiger partial charge on any atom is -0.301 e. The van der Waals surface area contributed by atoms with Crippen molar-refractivity contribution >= 4 is 28.6 Å². The largest absolute Gasteiger partial charge is 0.301 e. The van der Waals surface area contributed by atoms with E-state index < -0.39 is 6.17 Å². The average Bonchev–Trinajstić information content (AvgIpc) is 2.73. The highest BCUT2D eigenvalue weighted by atomic mass is 32.2. The molecular weight excluding hydrogens is 252 g/mol. The minimum atomic E-state index is -0.536. The van der Waals surface area contributed by atoms with Gasteiger partial charge in [0.2, 0.25) is 0 Å². The first-order valence-electron chi connectivity index (χ1n) is 5.53. The smallest absolute Gasteiger partial charge is 0.258 e. The molecule has 2 aliphatic rings. The zero-order valence-electron chi connectivity index (χ0n) is 10.4. The van der Waals surface area contributed by atoms with Crippen molar-refractivity contribution in [1.82, 2.24) is 5.32 Å². The van der Waals surface area contributed by atoms with Gasteiger partial charge in [-0.2, -0.15) is 10.2 Å². The number of aliphatic imine (C=N–C) groups is 1. The number of nitrogens with zero attached hydrogens (tertiary/aromatic N) is 3. The standard InChI is InChI=1S/C11H14N4O2S/c1-11(2,3)7(16)5-18-10-13-8-6(4-12-15-8)9(17)14-10/h4,8H,5H2,1-3H3,(H,13,14,17). The maximum Gasteiger partial charge on any atom is 0.258 e. The summed E-state index contributed by atoms with van der Waals surface area (Å²) in [6.45, 7) is 5.59. The third kappa shape index (κ3) is 2.66. The number of thioether (sulfide) groups is 1. The molecule has 96 valence electrons. The van der Waals surface area contributed by atoms with E-state index in [1.807, 2.05) is 20.8 Å². The van der Waals surface area contributed by atoms with E-state index in [-0.39, 0.29) is 22.9 Å². The fourth-order valence-corrected chi connectivity index (χ4v) is 2.34. The second kappa shape index (κ2) is 4.64. The number of fused-ring (bicyclic) bond motifs is 1. The monoisotopic (exact) mass is 266 g/mol. The fraction of sp³-hybridized carbons (Fsp3) is 0.545. The van der Waals surface area contributed by atoms with E-state index in [1.54, 1.807) is 0 Å². The van der Waals surface area contributed by atoms with E-state index >= 15 is 0 Å². The molecule has 0 saturated carbocycles. The van der Waals surface area contributed by atoms with Crippen LogP contribution in [0.15, 0.2) is 27.0 Å². The van der Waals surface area contributed by atoms with Gasteiger partial charge in [-0.15, -0.1) is 0 Å². The van der Waals surface area contributed by atoms with Gasteiger partial charge in [-0.3, -0.25) is 9.59 Å². The Morgan fingerprint density at radius 1 is 1.50 bits per heavy atom. The molecule has 18 heavy (non-hydrogen) atoms. The van der Waals surface area contributed by atoms with E-state index in [2.05, 4.69) is 20.5 Å². The summed E-state index contributed by atoms with van der Waals surface area (Å²) in [6, 6.07) is 0. The Hall–Kier alpha value is -1.50. The van der Waals surface area contributed by atoms with Crippen molar-refractivity contribution in [2.24, 2.45) is 20.6 Å². The van der Waals surface area contributed by atoms with Gasteiger partial charge < -0.3 is 5.32 Å². The molecule has 1 N–H and O–H groups in total. The van der Waals surface area contributed by atoms with Crippen LogP contribution in [0.2, 0.25) is 0 Å². The van der Waals surface area contributed by atoms with Crippen LogP contribution in [0.3, 0.4) is 0 Å². The molecule has 0 aromatic rings. The summed E-state index contributed by atoms with van der Waals surface area (Å²) in [6.07, 6.45) is 0.872. The summed E-state index contributed by atoms with van der Waals surface area (Å²) in [5.41, 5.74) is 0.0613. The molecule has 2 rings (SSSR count). The Morgan fingerprint density at radius 2 is 2.22 bits per heavy atom. The molecule has 0 radical (unpaired) electrons. The number of hydrogen-bond donors (Lipinski definition) is 1. The topological polar surface area (TPSA) is 83.2 Å². The maximum atomic E-state index is 11.8. The minimum absolute atomic E-state index is 0.110. The Morgan fingerprint density at radius 3 is 2.89 bits per heavy atom. The predicted octanol–water partition coefficient (Wildman–Crippen LogP) is 1.50. The van der Waals surface area contributed by atoms with E-state index in [0.29, 0.717) is 10.7 Å². The first-order chi connectivity index (χ1) is 8.38. The van der Waals surface area contributed by atoms with Gasteiger partial charge in [-0.25, -0.2) is 4.99 Å². The molecule has 6 nitrogen and oxygen atoms in total. The Kier molecular flexibility index (Phi) is 3.34. The van der Waals surface area contributed by atoms with Gasteiger partial charge in [0.15, 0.2) is 11.3 Å². The molecule has 2 heterocycles. The summed E-state index contributed by atoms with van der Waals surface area (Å²) in [5.74, 6) is 0.149. The number of ketones is 1. The lowest BCUT2D eigenvalue weighted by atomic mass is 9.92. The number of hydrogen-bond acceptors (Lipinski definition) is 6. The average molecular weight is 266 g/mol. The van der Waals surface area contributed by atoms with Crippen molar-refractivity contribution in [2.45, 2.75) is 26.9 Å². The number of rotatable bonds is 2.